The number of piperazine rings is 1. The predicted octanol–water partition coefficient (Wildman–Crippen LogP) is 3.64. The SMILES string of the molecule is CC(C)=CCN1CCN(Cc2cnc(-c3ccccc3)s2)C[C@@H]1CCO. The van der Waals surface area contributed by atoms with Gasteiger partial charge in [-0.3, -0.25) is 9.80 Å². The van der Waals surface area contributed by atoms with Crippen LogP contribution in [0.3, 0.4) is 0 Å². The predicted molar refractivity (Wildman–Crippen MR) is 109 cm³/mol. The molecule has 0 radical (unpaired) electrons. The number of allylic oxidation sites excluding steroid dienone is 1. The van der Waals surface area contributed by atoms with Crippen LogP contribution in [0.15, 0.2) is 48.2 Å². The van der Waals surface area contributed by atoms with Gasteiger partial charge in [-0.15, -0.1) is 11.3 Å². The van der Waals surface area contributed by atoms with Crippen LogP contribution in [-0.4, -0.2) is 58.7 Å². The third kappa shape index (κ3) is 5.24. The zero-order valence-electron chi connectivity index (χ0n) is 15.8. The van der Waals surface area contributed by atoms with Gasteiger partial charge in [-0.2, -0.15) is 0 Å². The molecule has 3 rings (SSSR count). The zero-order chi connectivity index (χ0) is 18.4. The van der Waals surface area contributed by atoms with Gasteiger partial charge >= 0.3 is 0 Å². The van der Waals surface area contributed by atoms with Crippen LogP contribution in [0.4, 0.5) is 0 Å². The van der Waals surface area contributed by atoms with E-state index in [1.807, 2.05) is 12.3 Å². The van der Waals surface area contributed by atoms with E-state index in [1.54, 1.807) is 11.3 Å². The Bertz CT molecular complexity index is 709. The maximum atomic E-state index is 9.45. The standard InChI is InChI=1S/C21H29N3OS/c1-17(2)8-10-24-12-11-23(15-19(24)9-13-25)16-20-14-22-21(26-20)18-6-4-3-5-7-18/h3-8,14,19,25H,9-13,15-16H2,1-2H3/t19-/m0/s1. The van der Waals surface area contributed by atoms with Crippen molar-refractivity contribution in [2.24, 2.45) is 0 Å². The highest BCUT2D eigenvalue weighted by Crippen LogP contribution is 2.26. The molecule has 1 aliphatic rings. The lowest BCUT2D eigenvalue weighted by Crippen LogP contribution is -2.52. The van der Waals surface area contributed by atoms with Gasteiger partial charge in [0.2, 0.25) is 0 Å². The monoisotopic (exact) mass is 371 g/mol. The summed E-state index contributed by atoms with van der Waals surface area (Å²) in [5.41, 5.74) is 2.54. The third-order valence-electron chi connectivity index (χ3n) is 4.84. The van der Waals surface area contributed by atoms with Gasteiger partial charge in [-0.1, -0.05) is 42.0 Å². The second-order valence-corrected chi connectivity index (χ2v) is 8.29. The molecule has 1 atom stereocenters. The Kier molecular flexibility index (Phi) is 6.97. The molecule has 0 spiro atoms. The molecule has 140 valence electrons. The number of aromatic nitrogens is 1. The van der Waals surface area contributed by atoms with Crippen LogP contribution >= 0.6 is 11.3 Å². The highest BCUT2D eigenvalue weighted by atomic mass is 32.1. The molecule has 0 unspecified atom stereocenters. The Balaban J connectivity index is 1.60. The van der Waals surface area contributed by atoms with Gasteiger partial charge in [0.25, 0.3) is 0 Å². The van der Waals surface area contributed by atoms with E-state index in [2.05, 4.69) is 59.0 Å². The molecule has 0 bridgehead atoms. The Morgan fingerprint density at radius 3 is 2.81 bits per heavy atom. The van der Waals surface area contributed by atoms with Crippen molar-refractivity contribution in [3.63, 3.8) is 0 Å². The van der Waals surface area contributed by atoms with Crippen LogP contribution < -0.4 is 0 Å². The minimum Gasteiger partial charge on any atom is -0.396 e. The number of rotatable bonds is 7. The summed E-state index contributed by atoms with van der Waals surface area (Å²) in [5, 5.41) is 10.5. The number of nitrogens with zero attached hydrogens (tertiary/aromatic N) is 3. The van der Waals surface area contributed by atoms with E-state index >= 15 is 0 Å². The molecule has 1 N–H and O–H groups in total. The van der Waals surface area contributed by atoms with Gasteiger partial charge in [0.1, 0.15) is 5.01 Å². The smallest absolute Gasteiger partial charge is 0.123 e. The number of aliphatic hydroxyl groups is 1. The van der Waals surface area contributed by atoms with E-state index < -0.39 is 0 Å². The minimum absolute atomic E-state index is 0.253. The van der Waals surface area contributed by atoms with E-state index in [-0.39, 0.29) is 6.61 Å². The average molecular weight is 372 g/mol. The second kappa shape index (κ2) is 9.42. The van der Waals surface area contributed by atoms with Crippen molar-refractivity contribution in [1.29, 1.82) is 0 Å². The molecule has 1 saturated heterocycles. The van der Waals surface area contributed by atoms with Gasteiger partial charge < -0.3 is 5.11 Å². The minimum atomic E-state index is 0.253. The number of benzene rings is 1. The molecule has 1 aromatic heterocycles. The Morgan fingerprint density at radius 2 is 2.08 bits per heavy atom. The average Bonchev–Trinajstić information content (AvgIpc) is 3.10. The summed E-state index contributed by atoms with van der Waals surface area (Å²) in [5.74, 6) is 0. The molecule has 0 aliphatic carbocycles. The summed E-state index contributed by atoms with van der Waals surface area (Å²) in [6.07, 6.45) is 5.14. The first kappa shape index (κ1) is 19.2. The summed E-state index contributed by atoms with van der Waals surface area (Å²) in [6, 6.07) is 10.8. The largest absolute Gasteiger partial charge is 0.396 e. The van der Waals surface area contributed by atoms with Crippen molar-refractivity contribution in [2.75, 3.05) is 32.8 Å². The lowest BCUT2D eigenvalue weighted by Gasteiger charge is -2.41. The molecule has 2 heterocycles. The van der Waals surface area contributed by atoms with Crippen LogP contribution in [0, 0.1) is 0 Å². The lowest BCUT2D eigenvalue weighted by molar-refractivity contribution is 0.0642. The van der Waals surface area contributed by atoms with Crippen molar-refractivity contribution in [3.8, 4) is 10.6 Å². The maximum Gasteiger partial charge on any atom is 0.123 e. The molecule has 4 nitrogen and oxygen atoms in total. The van der Waals surface area contributed by atoms with Gasteiger partial charge in [0.05, 0.1) is 0 Å². The van der Waals surface area contributed by atoms with Crippen molar-refractivity contribution >= 4 is 11.3 Å². The molecule has 0 saturated carbocycles. The van der Waals surface area contributed by atoms with Crippen LogP contribution in [0.1, 0.15) is 25.1 Å². The van der Waals surface area contributed by atoms with Gasteiger partial charge in [-0.25, -0.2) is 4.98 Å². The molecule has 5 heteroatoms. The highest BCUT2D eigenvalue weighted by Gasteiger charge is 2.26. The normalized spacial score (nSPS) is 18.8. The molecule has 0 amide bonds. The number of thiazole rings is 1. The van der Waals surface area contributed by atoms with Gasteiger partial charge in [0.15, 0.2) is 0 Å². The summed E-state index contributed by atoms with van der Waals surface area (Å²) >= 11 is 1.78. The van der Waals surface area contributed by atoms with E-state index in [0.717, 1.165) is 44.2 Å². The molecule has 2 aromatic rings. The summed E-state index contributed by atoms with van der Waals surface area (Å²) in [6.45, 7) is 9.60. The Labute approximate surface area is 160 Å². The van der Waals surface area contributed by atoms with Crippen molar-refractivity contribution < 1.29 is 5.11 Å². The third-order valence-corrected chi connectivity index (χ3v) is 5.87. The summed E-state index contributed by atoms with van der Waals surface area (Å²) in [7, 11) is 0. The second-order valence-electron chi connectivity index (χ2n) is 7.18. The highest BCUT2D eigenvalue weighted by molar-refractivity contribution is 7.15. The molecule has 1 fully saturated rings. The first-order valence-electron chi connectivity index (χ1n) is 9.36. The van der Waals surface area contributed by atoms with Crippen molar-refractivity contribution in [2.45, 2.75) is 32.9 Å². The van der Waals surface area contributed by atoms with Crippen LogP contribution in [0.5, 0.6) is 0 Å². The molecular formula is C21H29N3OS. The lowest BCUT2D eigenvalue weighted by atomic mass is 10.1. The fraction of sp³-hybridized carbons (Fsp3) is 0.476. The number of hydrogen-bond acceptors (Lipinski definition) is 5. The van der Waals surface area contributed by atoms with Crippen molar-refractivity contribution in [1.82, 2.24) is 14.8 Å². The van der Waals surface area contributed by atoms with Gasteiger partial charge in [-0.05, 0) is 20.3 Å². The van der Waals surface area contributed by atoms with E-state index in [4.69, 9.17) is 0 Å². The first-order chi connectivity index (χ1) is 12.7. The molecular weight excluding hydrogens is 342 g/mol. The molecule has 26 heavy (non-hydrogen) atoms. The quantitative estimate of drug-likeness (QED) is 0.754. The van der Waals surface area contributed by atoms with Crippen LogP contribution in [0.2, 0.25) is 0 Å². The van der Waals surface area contributed by atoms with Crippen molar-refractivity contribution in [3.05, 3.63) is 53.1 Å². The Hall–Kier alpha value is -1.53. The first-order valence-corrected chi connectivity index (χ1v) is 10.2. The Morgan fingerprint density at radius 1 is 1.27 bits per heavy atom. The van der Waals surface area contributed by atoms with Gasteiger partial charge in [0, 0.05) is 62.0 Å². The number of aliphatic hydroxyl groups excluding tert-OH is 1. The van der Waals surface area contributed by atoms with E-state index in [0.29, 0.717) is 6.04 Å². The van der Waals surface area contributed by atoms with E-state index in [1.165, 1.54) is 16.0 Å². The molecule has 1 aromatic carbocycles. The zero-order valence-corrected chi connectivity index (χ0v) is 16.6. The fourth-order valence-electron chi connectivity index (χ4n) is 3.38. The van der Waals surface area contributed by atoms with E-state index in [9.17, 15) is 5.11 Å². The van der Waals surface area contributed by atoms with Crippen LogP contribution in [-0.2, 0) is 6.54 Å². The topological polar surface area (TPSA) is 39.6 Å². The fourth-order valence-corrected chi connectivity index (χ4v) is 4.34. The maximum absolute atomic E-state index is 9.45. The number of hydrogen-bond donors (Lipinski definition) is 1. The summed E-state index contributed by atoms with van der Waals surface area (Å²) < 4.78 is 0. The molecule has 1 aliphatic heterocycles. The summed E-state index contributed by atoms with van der Waals surface area (Å²) in [4.78, 5) is 10.9. The van der Waals surface area contributed by atoms with Crippen LogP contribution in [0.25, 0.3) is 10.6 Å².